The van der Waals surface area contributed by atoms with E-state index in [4.69, 9.17) is 16.3 Å². The molecule has 4 rings (SSSR count). The summed E-state index contributed by atoms with van der Waals surface area (Å²) < 4.78 is 5.50. The van der Waals surface area contributed by atoms with E-state index in [-0.39, 0.29) is 5.41 Å². The van der Waals surface area contributed by atoms with Crippen LogP contribution in [0.1, 0.15) is 37.4 Å². The maximum Gasteiger partial charge on any atom is 0.224 e. The van der Waals surface area contributed by atoms with Gasteiger partial charge < -0.3 is 14.7 Å². The molecule has 6 heteroatoms. The maximum absolute atomic E-state index is 10.4. The second-order valence-electron chi connectivity index (χ2n) is 6.89. The molecule has 114 valence electrons. The maximum atomic E-state index is 10.4. The fraction of sp³-hybridized carbons (Fsp3) is 0.733. The number of rotatable bonds is 1. The van der Waals surface area contributed by atoms with Crippen LogP contribution >= 0.6 is 11.6 Å². The van der Waals surface area contributed by atoms with E-state index < -0.39 is 5.60 Å². The Morgan fingerprint density at radius 2 is 2.10 bits per heavy atom. The minimum atomic E-state index is -0.864. The van der Waals surface area contributed by atoms with Crippen LogP contribution in [0.15, 0.2) is 0 Å². The normalized spacial score (nSPS) is 30.3. The predicted molar refractivity (Wildman–Crippen MR) is 79.9 cm³/mol. The molecular formula is C15H20ClN3O2. The van der Waals surface area contributed by atoms with Crippen molar-refractivity contribution in [1.29, 1.82) is 0 Å². The molecule has 1 aliphatic heterocycles. The second kappa shape index (κ2) is 4.54. The van der Waals surface area contributed by atoms with E-state index in [9.17, 15) is 5.11 Å². The number of fused-ring (bicyclic) bond motifs is 2. The lowest BCUT2D eigenvalue weighted by Crippen LogP contribution is -2.42. The van der Waals surface area contributed by atoms with Crippen molar-refractivity contribution < 1.29 is 9.84 Å². The minimum Gasteiger partial charge on any atom is -0.386 e. The molecule has 1 spiro atoms. The number of ether oxygens (including phenoxy) is 1. The summed E-state index contributed by atoms with van der Waals surface area (Å²) in [7, 11) is 0. The lowest BCUT2D eigenvalue weighted by molar-refractivity contribution is -0.0123. The molecule has 0 aromatic carbocycles. The number of hydrogen-bond donors (Lipinski definition) is 1. The fourth-order valence-corrected chi connectivity index (χ4v) is 3.84. The van der Waals surface area contributed by atoms with Gasteiger partial charge in [0, 0.05) is 17.5 Å². The summed E-state index contributed by atoms with van der Waals surface area (Å²) in [6.07, 6.45) is 4.60. The van der Waals surface area contributed by atoms with Crippen LogP contribution in [0.3, 0.4) is 0 Å². The number of aromatic nitrogens is 2. The van der Waals surface area contributed by atoms with Gasteiger partial charge in [0.15, 0.2) is 0 Å². The minimum absolute atomic E-state index is 0.279. The largest absolute Gasteiger partial charge is 0.386 e. The Bertz CT molecular complexity index is 587. The van der Waals surface area contributed by atoms with Gasteiger partial charge in [-0.25, -0.2) is 9.97 Å². The molecule has 2 aliphatic carbocycles. The smallest absolute Gasteiger partial charge is 0.224 e. The summed E-state index contributed by atoms with van der Waals surface area (Å²) in [6.45, 7) is 3.99. The zero-order valence-corrected chi connectivity index (χ0v) is 13.0. The quantitative estimate of drug-likeness (QED) is 0.800. The first-order valence-corrected chi connectivity index (χ1v) is 7.99. The van der Waals surface area contributed by atoms with Gasteiger partial charge in [-0.15, -0.1) is 0 Å². The number of nitrogens with zero attached hydrogens (tertiary/aromatic N) is 3. The molecule has 1 aromatic rings. The summed E-state index contributed by atoms with van der Waals surface area (Å²) in [5, 5.41) is 10.7. The van der Waals surface area contributed by atoms with E-state index in [0.717, 1.165) is 30.9 Å². The van der Waals surface area contributed by atoms with E-state index in [1.54, 1.807) is 6.92 Å². The second-order valence-corrected chi connectivity index (χ2v) is 7.23. The fourth-order valence-electron chi connectivity index (χ4n) is 3.68. The highest BCUT2D eigenvalue weighted by Crippen LogP contribution is 2.57. The Morgan fingerprint density at radius 3 is 2.86 bits per heavy atom. The molecule has 3 aliphatic rings. The highest BCUT2D eigenvalue weighted by Gasteiger charge is 2.51. The van der Waals surface area contributed by atoms with Crippen LogP contribution < -0.4 is 4.90 Å². The van der Waals surface area contributed by atoms with Crippen molar-refractivity contribution in [2.24, 2.45) is 0 Å². The predicted octanol–water partition coefficient (Wildman–Crippen LogP) is 1.70. The summed E-state index contributed by atoms with van der Waals surface area (Å²) in [4.78, 5) is 11.1. The van der Waals surface area contributed by atoms with Gasteiger partial charge in [0.25, 0.3) is 0 Å². The molecular weight excluding hydrogens is 290 g/mol. The Kier molecular flexibility index (Phi) is 2.97. The van der Waals surface area contributed by atoms with Crippen molar-refractivity contribution in [3.63, 3.8) is 0 Å². The molecule has 1 saturated carbocycles. The lowest BCUT2D eigenvalue weighted by atomic mass is 10.0. The van der Waals surface area contributed by atoms with Crippen molar-refractivity contribution in [3.05, 3.63) is 16.5 Å². The van der Waals surface area contributed by atoms with E-state index in [1.165, 1.54) is 18.4 Å². The number of anilines is 1. The van der Waals surface area contributed by atoms with E-state index in [1.807, 2.05) is 0 Å². The van der Waals surface area contributed by atoms with Crippen LogP contribution in [0.25, 0.3) is 0 Å². The van der Waals surface area contributed by atoms with Crippen molar-refractivity contribution >= 4 is 17.4 Å². The van der Waals surface area contributed by atoms with Crippen molar-refractivity contribution in [1.82, 2.24) is 9.97 Å². The summed E-state index contributed by atoms with van der Waals surface area (Å²) in [5.41, 5.74) is 1.80. The summed E-state index contributed by atoms with van der Waals surface area (Å²) >= 11 is 6.17. The average Bonchev–Trinajstić information content (AvgIpc) is 3.14. The molecule has 1 N–H and O–H groups in total. The van der Waals surface area contributed by atoms with Gasteiger partial charge in [0.1, 0.15) is 11.4 Å². The lowest BCUT2D eigenvalue weighted by Gasteiger charge is -2.29. The summed E-state index contributed by atoms with van der Waals surface area (Å²) in [5.74, 6) is 0.902. The highest BCUT2D eigenvalue weighted by molar-refractivity contribution is 6.28. The monoisotopic (exact) mass is 309 g/mol. The summed E-state index contributed by atoms with van der Waals surface area (Å²) in [6, 6.07) is 0. The van der Waals surface area contributed by atoms with Gasteiger partial charge in [-0.1, -0.05) is 0 Å². The van der Waals surface area contributed by atoms with Crippen LogP contribution in [0.5, 0.6) is 0 Å². The molecule has 0 amide bonds. The Labute approximate surface area is 129 Å². The number of aliphatic hydroxyl groups is 1. The van der Waals surface area contributed by atoms with Crippen molar-refractivity contribution in [2.75, 3.05) is 31.2 Å². The van der Waals surface area contributed by atoms with E-state index in [2.05, 4.69) is 14.9 Å². The van der Waals surface area contributed by atoms with Crippen LogP contribution in [0.2, 0.25) is 5.28 Å². The Hall–Kier alpha value is -0.910. The van der Waals surface area contributed by atoms with Crippen molar-refractivity contribution in [3.8, 4) is 0 Å². The third kappa shape index (κ3) is 2.31. The van der Waals surface area contributed by atoms with E-state index in [0.29, 0.717) is 25.0 Å². The highest BCUT2D eigenvalue weighted by atomic mass is 35.5. The molecule has 1 aromatic heterocycles. The molecule has 2 fully saturated rings. The average molecular weight is 310 g/mol. The molecule has 5 nitrogen and oxygen atoms in total. The molecule has 1 atom stereocenters. The van der Waals surface area contributed by atoms with Crippen LogP contribution in [0, 0.1) is 0 Å². The third-order valence-corrected chi connectivity index (χ3v) is 5.09. The van der Waals surface area contributed by atoms with Gasteiger partial charge in [0.05, 0.1) is 25.5 Å². The zero-order chi connectivity index (χ0) is 14.7. The molecule has 1 saturated heterocycles. The first-order valence-electron chi connectivity index (χ1n) is 7.61. The van der Waals surface area contributed by atoms with Crippen LogP contribution in [0.4, 0.5) is 5.82 Å². The first-order chi connectivity index (χ1) is 9.99. The Morgan fingerprint density at radius 1 is 1.29 bits per heavy atom. The number of halogens is 1. The van der Waals surface area contributed by atoms with Crippen LogP contribution in [-0.2, 0) is 16.6 Å². The third-order valence-electron chi connectivity index (χ3n) is 4.92. The van der Waals surface area contributed by atoms with Crippen LogP contribution in [-0.4, -0.2) is 47.0 Å². The number of hydrogen-bond acceptors (Lipinski definition) is 5. The molecule has 0 radical (unpaired) electrons. The van der Waals surface area contributed by atoms with Gasteiger partial charge in [0.2, 0.25) is 5.28 Å². The molecule has 21 heavy (non-hydrogen) atoms. The SMILES string of the molecule is C[C@@]1(O)COCCN(c2nc(Cl)nc3c2CCC32CC2)C1. The van der Waals surface area contributed by atoms with E-state index >= 15 is 0 Å². The van der Waals surface area contributed by atoms with Gasteiger partial charge in [-0.05, 0) is 44.2 Å². The first kappa shape index (κ1) is 13.7. The van der Waals surface area contributed by atoms with Gasteiger partial charge >= 0.3 is 0 Å². The molecule has 0 bridgehead atoms. The zero-order valence-electron chi connectivity index (χ0n) is 12.2. The Balaban J connectivity index is 1.75. The van der Waals surface area contributed by atoms with Gasteiger partial charge in [-0.2, -0.15) is 0 Å². The topological polar surface area (TPSA) is 58.5 Å². The standard InChI is InChI=1S/C15H20ClN3O2/c1-14(20)8-19(6-7-21-9-14)12-10-2-3-15(4-5-15)11(10)17-13(16)18-12/h20H,2-9H2,1H3/t14-/m0/s1. The molecule has 0 unspecified atom stereocenters. The number of β-amino-alcohol motifs (C(OH)–C–C–N with tert-alkyl or cyclic N) is 1. The molecule has 2 heterocycles. The van der Waals surface area contributed by atoms with Gasteiger partial charge in [-0.3, -0.25) is 0 Å². The van der Waals surface area contributed by atoms with Crippen molar-refractivity contribution in [2.45, 2.75) is 43.6 Å².